The summed E-state index contributed by atoms with van der Waals surface area (Å²) in [6, 6.07) is 13.0. The first kappa shape index (κ1) is 22.5. The van der Waals surface area contributed by atoms with Crippen LogP contribution >= 0.6 is 11.6 Å². The van der Waals surface area contributed by atoms with E-state index in [0.29, 0.717) is 16.7 Å². The molecule has 1 aromatic heterocycles. The predicted octanol–water partition coefficient (Wildman–Crippen LogP) is 4.77. The molecule has 0 atom stereocenters. The molecule has 0 saturated carbocycles. The Labute approximate surface area is 181 Å². The van der Waals surface area contributed by atoms with E-state index in [0.717, 1.165) is 13.8 Å². The lowest BCUT2D eigenvalue weighted by Gasteiger charge is -2.26. The van der Waals surface area contributed by atoms with Gasteiger partial charge < -0.3 is 10.4 Å². The Hall–Kier alpha value is -3.20. The fourth-order valence-corrected chi connectivity index (χ4v) is 2.79. The highest BCUT2D eigenvalue weighted by Crippen LogP contribution is 2.37. The third-order valence-electron chi connectivity index (χ3n) is 4.66. The maximum absolute atomic E-state index is 13.0. The highest BCUT2D eigenvalue weighted by atomic mass is 35.5. The van der Waals surface area contributed by atoms with Gasteiger partial charge in [-0.15, -0.1) is 0 Å². The Morgan fingerprint density at radius 1 is 1.03 bits per heavy atom. The number of nitrogens with one attached hydrogen (secondary N) is 1. The highest BCUT2D eigenvalue weighted by molar-refractivity contribution is 6.33. The van der Waals surface area contributed by atoms with Crippen molar-refractivity contribution in [2.45, 2.75) is 26.6 Å². The molecule has 162 valence electrons. The van der Waals surface area contributed by atoms with Crippen molar-refractivity contribution in [2.75, 3.05) is 0 Å². The van der Waals surface area contributed by atoms with Gasteiger partial charge >= 0.3 is 12.2 Å². The molecule has 2 aromatic carbocycles. The molecule has 2 N–H and O–H groups in total. The van der Waals surface area contributed by atoms with Crippen LogP contribution in [0, 0.1) is 5.41 Å². The van der Waals surface area contributed by atoms with Gasteiger partial charge in [0.25, 0.3) is 0 Å². The highest BCUT2D eigenvalue weighted by Gasteiger charge is 2.52. The zero-order valence-corrected chi connectivity index (χ0v) is 17.3. The van der Waals surface area contributed by atoms with Gasteiger partial charge in [0.1, 0.15) is 5.41 Å². The van der Waals surface area contributed by atoms with Crippen LogP contribution in [-0.4, -0.2) is 32.1 Å². The summed E-state index contributed by atoms with van der Waals surface area (Å²) in [5, 5.41) is 12.5. The minimum absolute atomic E-state index is 0.0835. The van der Waals surface area contributed by atoms with E-state index >= 15 is 0 Å². The first-order valence-corrected chi connectivity index (χ1v) is 9.51. The third kappa shape index (κ3) is 4.93. The summed E-state index contributed by atoms with van der Waals surface area (Å²) in [6.07, 6.45) is -4.68. The molecule has 0 aliphatic heterocycles. The van der Waals surface area contributed by atoms with Gasteiger partial charge in [-0.1, -0.05) is 48.0 Å². The lowest BCUT2D eigenvalue weighted by atomic mass is 9.91. The zero-order chi connectivity index (χ0) is 22.8. The molecule has 0 aliphatic carbocycles. The Morgan fingerprint density at radius 3 is 2.32 bits per heavy atom. The molecule has 6 nitrogen and oxygen atoms in total. The molecule has 0 radical (unpaired) electrons. The molecular weight excluding hydrogens is 433 g/mol. The molecule has 31 heavy (non-hydrogen) atoms. The van der Waals surface area contributed by atoms with Crippen LogP contribution in [0.5, 0.6) is 6.01 Å². The van der Waals surface area contributed by atoms with Crippen LogP contribution in [0.3, 0.4) is 0 Å². The van der Waals surface area contributed by atoms with Crippen molar-refractivity contribution in [1.82, 2.24) is 20.3 Å². The summed E-state index contributed by atoms with van der Waals surface area (Å²) < 4.78 is 39.1. The molecule has 10 heteroatoms. The number of benzene rings is 2. The van der Waals surface area contributed by atoms with Gasteiger partial charge in [0.05, 0.1) is 5.02 Å². The third-order valence-corrected chi connectivity index (χ3v) is 4.99. The van der Waals surface area contributed by atoms with Crippen LogP contribution in [0.1, 0.15) is 19.4 Å². The number of aromatic hydroxyl groups is 1. The standard InChI is InChI=1S/C21H18ClF3N4O2/c1-20(2,21(23,24)25)18(30)26-11-12-8-9-15(22)14(10-12)17-27-16(28-19(31)29-17)13-6-4-3-5-7-13/h3-10H,11H2,1-2H3,(H,26,30)(H,27,28,29,31). The number of nitrogens with zero attached hydrogens (tertiary/aromatic N) is 3. The molecule has 3 aromatic rings. The Bertz CT molecular complexity index is 1110. The number of hydrogen-bond acceptors (Lipinski definition) is 5. The molecule has 0 aliphatic rings. The molecule has 1 amide bonds. The minimum Gasteiger partial charge on any atom is -0.479 e. The molecular formula is C21H18ClF3N4O2. The number of rotatable bonds is 5. The number of alkyl halides is 3. The first-order valence-electron chi connectivity index (χ1n) is 9.13. The van der Waals surface area contributed by atoms with Gasteiger partial charge in [-0.3, -0.25) is 4.79 Å². The van der Waals surface area contributed by atoms with Gasteiger partial charge in [0.2, 0.25) is 5.91 Å². The van der Waals surface area contributed by atoms with Crippen LogP contribution < -0.4 is 5.32 Å². The molecule has 0 fully saturated rings. The Balaban J connectivity index is 1.89. The second kappa shape index (κ2) is 8.50. The quantitative estimate of drug-likeness (QED) is 0.584. The van der Waals surface area contributed by atoms with Crippen molar-refractivity contribution in [3.8, 4) is 28.8 Å². The molecule has 0 spiro atoms. The largest absolute Gasteiger partial charge is 0.479 e. The van der Waals surface area contributed by atoms with E-state index in [4.69, 9.17) is 11.6 Å². The number of hydrogen-bond donors (Lipinski definition) is 2. The molecule has 1 heterocycles. The average molecular weight is 451 g/mol. The second-order valence-corrected chi connectivity index (χ2v) is 7.68. The Morgan fingerprint density at radius 2 is 1.68 bits per heavy atom. The SMILES string of the molecule is CC(C)(C(=O)NCc1ccc(Cl)c(-c2nc(O)nc(-c3ccccc3)n2)c1)C(F)(F)F. The van der Waals surface area contributed by atoms with Gasteiger partial charge in [-0.2, -0.15) is 23.1 Å². The number of halogens is 4. The van der Waals surface area contributed by atoms with Crippen molar-refractivity contribution in [3.63, 3.8) is 0 Å². The average Bonchev–Trinajstić information content (AvgIpc) is 2.72. The summed E-state index contributed by atoms with van der Waals surface area (Å²) in [5.74, 6) is -0.842. The van der Waals surface area contributed by atoms with Crippen molar-refractivity contribution in [3.05, 3.63) is 59.1 Å². The van der Waals surface area contributed by atoms with Crippen molar-refractivity contribution < 1.29 is 23.1 Å². The van der Waals surface area contributed by atoms with E-state index in [9.17, 15) is 23.1 Å². The lowest BCUT2D eigenvalue weighted by molar-refractivity contribution is -0.211. The van der Waals surface area contributed by atoms with Gasteiger partial charge in [-0.25, -0.2) is 4.98 Å². The molecule has 0 unspecified atom stereocenters. The topological polar surface area (TPSA) is 88.0 Å². The maximum atomic E-state index is 13.0. The van der Waals surface area contributed by atoms with Crippen molar-refractivity contribution in [2.24, 2.45) is 5.41 Å². The number of carbonyl (C=O) groups excluding carboxylic acids is 1. The summed E-state index contributed by atoms with van der Waals surface area (Å²) in [4.78, 5) is 24.2. The van der Waals surface area contributed by atoms with Crippen LogP contribution in [0.2, 0.25) is 5.02 Å². The van der Waals surface area contributed by atoms with E-state index in [1.807, 2.05) is 6.07 Å². The van der Waals surface area contributed by atoms with E-state index in [1.165, 1.54) is 12.1 Å². The van der Waals surface area contributed by atoms with Crippen LogP contribution in [0.15, 0.2) is 48.5 Å². The van der Waals surface area contributed by atoms with Gasteiger partial charge in [0, 0.05) is 17.7 Å². The summed E-state index contributed by atoms with van der Waals surface area (Å²) in [6.45, 7) is 1.47. The number of aromatic nitrogens is 3. The van der Waals surface area contributed by atoms with E-state index in [2.05, 4.69) is 20.3 Å². The lowest BCUT2D eigenvalue weighted by Crippen LogP contribution is -2.46. The maximum Gasteiger partial charge on any atom is 0.402 e. The predicted molar refractivity (Wildman–Crippen MR) is 109 cm³/mol. The minimum atomic E-state index is -4.68. The summed E-state index contributed by atoms with van der Waals surface area (Å²) in [5.41, 5.74) is -1.08. The molecule has 0 saturated heterocycles. The van der Waals surface area contributed by atoms with Crippen LogP contribution in [0.25, 0.3) is 22.8 Å². The smallest absolute Gasteiger partial charge is 0.402 e. The number of amides is 1. The summed E-state index contributed by atoms with van der Waals surface area (Å²) >= 11 is 6.26. The fraction of sp³-hybridized carbons (Fsp3) is 0.238. The summed E-state index contributed by atoms with van der Waals surface area (Å²) in [7, 11) is 0. The molecule has 3 rings (SSSR count). The van der Waals surface area contributed by atoms with Crippen LogP contribution in [-0.2, 0) is 11.3 Å². The van der Waals surface area contributed by atoms with Gasteiger partial charge in [0.15, 0.2) is 11.6 Å². The van der Waals surface area contributed by atoms with E-state index in [-0.39, 0.29) is 23.2 Å². The Kier molecular flexibility index (Phi) is 6.17. The monoisotopic (exact) mass is 450 g/mol. The van der Waals surface area contributed by atoms with E-state index in [1.54, 1.807) is 30.3 Å². The van der Waals surface area contributed by atoms with Gasteiger partial charge in [-0.05, 0) is 31.5 Å². The van der Waals surface area contributed by atoms with Crippen LogP contribution in [0.4, 0.5) is 13.2 Å². The van der Waals surface area contributed by atoms with Crippen molar-refractivity contribution >= 4 is 17.5 Å². The van der Waals surface area contributed by atoms with E-state index < -0.39 is 23.5 Å². The van der Waals surface area contributed by atoms with Crippen molar-refractivity contribution in [1.29, 1.82) is 0 Å². The normalized spacial score (nSPS) is 11.9. The first-order chi connectivity index (χ1) is 14.5. The molecule has 0 bridgehead atoms. The zero-order valence-electron chi connectivity index (χ0n) is 16.5. The fourth-order valence-electron chi connectivity index (χ4n) is 2.59. The second-order valence-electron chi connectivity index (χ2n) is 7.27. The number of carbonyl (C=O) groups is 1.